The zero-order chi connectivity index (χ0) is 13.7. The van der Waals surface area contributed by atoms with E-state index in [-0.39, 0.29) is 11.8 Å². The van der Waals surface area contributed by atoms with Crippen LogP contribution in [0.15, 0.2) is 24.4 Å². The summed E-state index contributed by atoms with van der Waals surface area (Å²) in [5, 5.41) is 3.24. The van der Waals surface area contributed by atoms with Crippen molar-refractivity contribution in [2.75, 3.05) is 25.9 Å². The van der Waals surface area contributed by atoms with Gasteiger partial charge in [-0.1, -0.05) is 6.07 Å². The van der Waals surface area contributed by atoms with E-state index >= 15 is 0 Å². The lowest BCUT2D eigenvalue weighted by Crippen LogP contribution is -2.47. The Morgan fingerprint density at radius 2 is 2.32 bits per heavy atom. The van der Waals surface area contributed by atoms with Crippen molar-refractivity contribution >= 4 is 10.0 Å². The molecule has 0 saturated carbocycles. The lowest BCUT2D eigenvalue weighted by molar-refractivity contribution is 0.300. The molecule has 19 heavy (non-hydrogen) atoms. The van der Waals surface area contributed by atoms with Crippen molar-refractivity contribution in [1.29, 1.82) is 0 Å². The van der Waals surface area contributed by atoms with Crippen molar-refractivity contribution in [1.82, 2.24) is 14.6 Å². The minimum absolute atomic E-state index is 0.0856. The average molecular weight is 283 g/mol. The second-order valence-corrected chi connectivity index (χ2v) is 7.05. The SMILES string of the molecule is CN(C1CCCNC1)S(=O)(=O)CCc1ccccn1. The number of hydrogen-bond acceptors (Lipinski definition) is 4. The Morgan fingerprint density at radius 1 is 1.47 bits per heavy atom. The number of hydrogen-bond donors (Lipinski definition) is 1. The molecule has 0 aliphatic carbocycles. The van der Waals surface area contributed by atoms with Gasteiger partial charge in [-0.15, -0.1) is 0 Å². The minimum Gasteiger partial charge on any atom is -0.315 e. The number of sulfonamides is 1. The molecule has 0 spiro atoms. The number of piperidine rings is 1. The molecule has 1 unspecified atom stereocenters. The third-order valence-corrected chi connectivity index (χ3v) is 5.46. The molecule has 1 aliphatic heterocycles. The highest BCUT2D eigenvalue weighted by Gasteiger charge is 2.27. The van der Waals surface area contributed by atoms with Crippen molar-refractivity contribution < 1.29 is 8.42 Å². The molecule has 0 radical (unpaired) electrons. The van der Waals surface area contributed by atoms with Gasteiger partial charge < -0.3 is 5.32 Å². The van der Waals surface area contributed by atoms with E-state index in [9.17, 15) is 8.42 Å². The molecule has 6 heteroatoms. The van der Waals surface area contributed by atoms with Gasteiger partial charge >= 0.3 is 0 Å². The third kappa shape index (κ3) is 3.99. The summed E-state index contributed by atoms with van der Waals surface area (Å²) in [6.45, 7) is 1.73. The van der Waals surface area contributed by atoms with Crippen LogP contribution in [-0.4, -0.2) is 49.6 Å². The number of likely N-dealkylation sites (N-methyl/N-ethyl adjacent to an activating group) is 1. The highest BCUT2D eigenvalue weighted by molar-refractivity contribution is 7.89. The molecule has 2 heterocycles. The first-order chi connectivity index (χ1) is 9.09. The summed E-state index contributed by atoms with van der Waals surface area (Å²) in [4.78, 5) is 4.16. The lowest BCUT2D eigenvalue weighted by Gasteiger charge is -2.30. The summed E-state index contributed by atoms with van der Waals surface area (Å²) < 4.78 is 26.1. The van der Waals surface area contributed by atoms with Gasteiger partial charge in [0.2, 0.25) is 10.0 Å². The van der Waals surface area contributed by atoms with Gasteiger partial charge in [-0.2, -0.15) is 0 Å². The molecule has 5 nitrogen and oxygen atoms in total. The van der Waals surface area contributed by atoms with Gasteiger partial charge in [0.1, 0.15) is 0 Å². The molecule has 1 atom stereocenters. The van der Waals surface area contributed by atoms with Crippen molar-refractivity contribution in [2.45, 2.75) is 25.3 Å². The van der Waals surface area contributed by atoms with Crippen LogP contribution in [0.5, 0.6) is 0 Å². The maximum Gasteiger partial charge on any atom is 0.214 e. The van der Waals surface area contributed by atoms with Crippen molar-refractivity contribution in [2.24, 2.45) is 0 Å². The van der Waals surface area contributed by atoms with E-state index in [0.717, 1.165) is 31.6 Å². The van der Waals surface area contributed by atoms with E-state index in [1.807, 2.05) is 18.2 Å². The molecule has 1 fully saturated rings. The maximum atomic E-state index is 12.3. The van der Waals surface area contributed by atoms with Gasteiger partial charge in [0.15, 0.2) is 0 Å². The summed E-state index contributed by atoms with van der Waals surface area (Å²) in [7, 11) is -1.52. The smallest absolute Gasteiger partial charge is 0.214 e. The molecular weight excluding hydrogens is 262 g/mol. The molecule has 0 aromatic carbocycles. The van der Waals surface area contributed by atoms with E-state index in [1.165, 1.54) is 4.31 Å². The zero-order valence-corrected chi connectivity index (χ0v) is 12.1. The normalized spacial score (nSPS) is 20.6. The third-order valence-electron chi connectivity index (χ3n) is 3.57. The van der Waals surface area contributed by atoms with E-state index in [4.69, 9.17) is 0 Å². The molecule has 2 rings (SSSR count). The van der Waals surface area contributed by atoms with Gasteiger partial charge in [-0.25, -0.2) is 12.7 Å². The van der Waals surface area contributed by atoms with Crippen LogP contribution in [0.4, 0.5) is 0 Å². The summed E-state index contributed by atoms with van der Waals surface area (Å²) in [5.41, 5.74) is 0.821. The number of pyridine rings is 1. The Kier molecular flexibility index (Phi) is 4.90. The van der Waals surface area contributed by atoms with Crippen LogP contribution in [0.1, 0.15) is 18.5 Å². The predicted octanol–water partition coefficient (Wildman–Crippen LogP) is 0.638. The number of aryl methyl sites for hydroxylation is 1. The molecule has 0 amide bonds. The summed E-state index contributed by atoms with van der Waals surface area (Å²) >= 11 is 0. The summed E-state index contributed by atoms with van der Waals surface area (Å²) in [5.74, 6) is 0.122. The minimum atomic E-state index is -3.20. The monoisotopic (exact) mass is 283 g/mol. The average Bonchev–Trinajstić information content (AvgIpc) is 2.46. The van der Waals surface area contributed by atoms with Gasteiger partial charge in [0.05, 0.1) is 5.75 Å². The summed E-state index contributed by atoms with van der Waals surface area (Å²) in [6.07, 6.45) is 4.13. The molecule has 1 saturated heterocycles. The number of rotatable bonds is 5. The zero-order valence-electron chi connectivity index (χ0n) is 11.2. The highest BCUT2D eigenvalue weighted by Crippen LogP contribution is 2.13. The van der Waals surface area contributed by atoms with Gasteiger partial charge in [0, 0.05) is 37.9 Å². The standard InChI is InChI=1S/C13H21N3O2S/c1-16(13-6-4-8-14-11-13)19(17,18)10-7-12-5-2-3-9-15-12/h2-3,5,9,13-14H,4,6-8,10-11H2,1H3. The second-order valence-electron chi connectivity index (χ2n) is 4.90. The molecule has 106 valence electrons. The number of nitrogens with zero attached hydrogens (tertiary/aromatic N) is 2. The Labute approximate surface area is 115 Å². The molecule has 0 bridgehead atoms. The van der Waals surface area contributed by atoms with E-state index < -0.39 is 10.0 Å². The van der Waals surface area contributed by atoms with Gasteiger partial charge in [-0.05, 0) is 31.5 Å². The Hall–Kier alpha value is -0.980. The second kappa shape index (κ2) is 6.45. The van der Waals surface area contributed by atoms with E-state index in [1.54, 1.807) is 13.2 Å². The first-order valence-corrected chi connectivity index (χ1v) is 8.27. The highest BCUT2D eigenvalue weighted by atomic mass is 32.2. The van der Waals surface area contributed by atoms with Crippen LogP contribution in [0.2, 0.25) is 0 Å². The molecule has 1 N–H and O–H groups in total. The first kappa shape index (κ1) is 14.4. The van der Waals surface area contributed by atoms with Crippen molar-refractivity contribution in [3.05, 3.63) is 30.1 Å². The van der Waals surface area contributed by atoms with Crippen LogP contribution < -0.4 is 5.32 Å². The molecule has 1 aromatic rings. The van der Waals surface area contributed by atoms with Crippen LogP contribution in [0.25, 0.3) is 0 Å². The fourth-order valence-electron chi connectivity index (χ4n) is 2.29. The Bertz CT molecular complexity index is 484. The van der Waals surface area contributed by atoms with Crippen LogP contribution in [-0.2, 0) is 16.4 Å². The van der Waals surface area contributed by atoms with Crippen molar-refractivity contribution in [3.63, 3.8) is 0 Å². The first-order valence-electron chi connectivity index (χ1n) is 6.66. The van der Waals surface area contributed by atoms with Crippen molar-refractivity contribution in [3.8, 4) is 0 Å². The molecule has 1 aromatic heterocycles. The quantitative estimate of drug-likeness (QED) is 0.861. The Morgan fingerprint density at radius 3 is 2.95 bits per heavy atom. The number of aromatic nitrogens is 1. The van der Waals surface area contributed by atoms with Gasteiger partial charge in [-0.3, -0.25) is 4.98 Å². The van der Waals surface area contributed by atoms with Crippen LogP contribution in [0, 0.1) is 0 Å². The maximum absolute atomic E-state index is 12.3. The van der Waals surface area contributed by atoms with Gasteiger partial charge in [0.25, 0.3) is 0 Å². The molecule has 1 aliphatic rings. The largest absolute Gasteiger partial charge is 0.315 e. The topological polar surface area (TPSA) is 62.3 Å². The summed E-state index contributed by atoms with van der Waals surface area (Å²) in [6, 6.07) is 5.65. The lowest BCUT2D eigenvalue weighted by atomic mass is 10.1. The van der Waals surface area contributed by atoms with Crippen LogP contribution >= 0.6 is 0 Å². The van der Waals surface area contributed by atoms with E-state index in [2.05, 4.69) is 10.3 Å². The number of nitrogens with one attached hydrogen (secondary N) is 1. The predicted molar refractivity (Wildman–Crippen MR) is 75.4 cm³/mol. The molecular formula is C13H21N3O2S. The Balaban J connectivity index is 1.93. The fraction of sp³-hybridized carbons (Fsp3) is 0.615. The van der Waals surface area contributed by atoms with E-state index in [0.29, 0.717) is 6.42 Å². The fourth-order valence-corrected chi connectivity index (χ4v) is 3.68. The van der Waals surface area contributed by atoms with Crippen LogP contribution in [0.3, 0.4) is 0 Å².